The molecule has 6 N–H and O–H groups in total. The van der Waals surface area contributed by atoms with E-state index in [1.54, 1.807) is 0 Å². The van der Waals surface area contributed by atoms with Crippen molar-refractivity contribution in [3.05, 3.63) is 0 Å². The lowest BCUT2D eigenvalue weighted by molar-refractivity contribution is 1.03. The van der Waals surface area contributed by atoms with Gasteiger partial charge in [0.15, 0.2) is 5.17 Å². The van der Waals surface area contributed by atoms with Crippen LogP contribution in [0.25, 0.3) is 0 Å². The minimum atomic E-state index is 0.121. The predicted molar refractivity (Wildman–Crippen MR) is 45.1 cm³/mol. The van der Waals surface area contributed by atoms with Crippen molar-refractivity contribution in [1.29, 1.82) is 5.41 Å². The van der Waals surface area contributed by atoms with E-state index in [0.717, 1.165) is 0 Å². The Bertz CT molecular complexity index is 123. The van der Waals surface area contributed by atoms with Crippen LogP contribution in [-0.4, -0.2) is 23.8 Å². The van der Waals surface area contributed by atoms with Crippen LogP contribution in [0.2, 0.25) is 0 Å². The number of nitrogens with two attached hydrogens (primary N) is 2. The van der Waals surface area contributed by atoms with Crippen molar-refractivity contribution in [2.45, 2.75) is 0 Å². The van der Waals surface area contributed by atoms with Gasteiger partial charge in [0.2, 0.25) is 0 Å². The third-order valence-corrected chi connectivity index (χ3v) is 1.34. The molecule has 0 aromatic heterocycles. The number of amidine groups is 1. The molecule has 0 bridgehead atoms. The molecule has 0 unspecified atom stereocenters. The fourth-order valence-electron chi connectivity index (χ4n) is 0.326. The quantitative estimate of drug-likeness (QED) is 0.141. The lowest BCUT2D eigenvalue weighted by Gasteiger charge is -1.92. The second-order valence-corrected chi connectivity index (χ2v) is 2.55. The van der Waals surface area contributed by atoms with Crippen molar-refractivity contribution in [2.24, 2.45) is 16.6 Å². The lowest BCUT2D eigenvalue weighted by atomic mass is 10.8. The van der Waals surface area contributed by atoms with Crippen LogP contribution in [0, 0.1) is 5.41 Å². The van der Waals surface area contributed by atoms with E-state index in [9.17, 15) is 0 Å². The molecule has 10 heavy (non-hydrogen) atoms. The van der Waals surface area contributed by atoms with Crippen LogP contribution in [0.1, 0.15) is 0 Å². The van der Waals surface area contributed by atoms with Crippen LogP contribution in [0.4, 0.5) is 0 Å². The van der Waals surface area contributed by atoms with E-state index in [2.05, 4.69) is 10.4 Å². The summed E-state index contributed by atoms with van der Waals surface area (Å²) in [6.07, 6.45) is 1.40. The minimum Gasteiger partial charge on any atom is -0.379 e. The zero-order valence-electron chi connectivity index (χ0n) is 5.50. The van der Waals surface area contributed by atoms with Crippen molar-refractivity contribution in [3.8, 4) is 0 Å². The first-order chi connectivity index (χ1) is 4.77. The number of thioether (sulfide) groups is 1. The normalized spacial score (nSPS) is 10.1. The van der Waals surface area contributed by atoms with E-state index < -0.39 is 0 Å². The summed E-state index contributed by atoms with van der Waals surface area (Å²) in [5, 5.41) is 6.94. The highest BCUT2D eigenvalue weighted by molar-refractivity contribution is 8.13. The number of rotatable bonds is 4. The van der Waals surface area contributed by atoms with E-state index in [1.165, 1.54) is 18.1 Å². The molecular formula is C4H11N5S. The zero-order valence-corrected chi connectivity index (χ0v) is 6.32. The molecule has 0 spiro atoms. The third-order valence-electron chi connectivity index (χ3n) is 0.644. The molecule has 5 nitrogen and oxygen atoms in total. The highest BCUT2D eigenvalue weighted by atomic mass is 32.2. The fourth-order valence-corrected chi connectivity index (χ4v) is 0.742. The summed E-state index contributed by atoms with van der Waals surface area (Å²) in [6, 6.07) is 0. The first kappa shape index (κ1) is 9.25. The third kappa shape index (κ3) is 7.25. The van der Waals surface area contributed by atoms with Gasteiger partial charge in [-0.25, -0.2) is 5.84 Å². The van der Waals surface area contributed by atoms with Gasteiger partial charge in [-0.15, -0.1) is 0 Å². The minimum absolute atomic E-state index is 0.121. The number of hydrogen-bond donors (Lipinski definition) is 4. The van der Waals surface area contributed by atoms with Crippen LogP contribution in [0.5, 0.6) is 0 Å². The molecule has 0 amide bonds. The summed E-state index contributed by atoms with van der Waals surface area (Å²) in [5.41, 5.74) is 7.33. The maximum atomic E-state index is 6.82. The van der Waals surface area contributed by atoms with Gasteiger partial charge in [-0.1, -0.05) is 11.8 Å². The van der Waals surface area contributed by atoms with Gasteiger partial charge in [0.05, 0.1) is 12.9 Å². The van der Waals surface area contributed by atoms with Gasteiger partial charge in [0, 0.05) is 5.75 Å². The summed E-state index contributed by atoms with van der Waals surface area (Å²) in [5.74, 6) is 5.61. The van der Waals surface area contributed by atoms with Crippen LogP contribution < -0.4 is 17.0 Å². The van der Waals surface area contributed by atoms with E-state index in [0.29, 0.717) is 12.3 Å². The average molecular weight is 161 g/mol. The molecule has 6 heteroatoms. The molecule has 0 aliphatic rings. The van der Waals surface area contributed by atoms with Gasteiger partial charge in [-0.2, -0.15) is 0 Å². The molecule has 0 saturated heterocycles. The Morgan fingerprint density at radius 1 is 1.80 bits per heavy atom. The molecule has 0 fully saturated rings. The molecule has 0 rings (SSSR count). The van der Waals surface area contributed by atoms with Crippen LogP contribution >= 0.6 is 11.8 Å². The van der Waals surface area contributed by atoms with Crippen molar-refractivity contribution < 1.29 is 0 Å². The summed E-state index contributed by atoms with van der Waals surface area (Å²) < 4.78 is 0. The molecule has 0 aromatic carbocycles. The molecular weight excluding hydrogens is 150 g/mol. The molecule has 0 atom stereocenters. The maximum absolute atomic E-state index is 6.82. The Morgan fingerprint density at radius 2 is 2.50 bits per heavy atom. The van der Waals surface area contributed by atoms with Crippen molar-refractivity contribution in [3.63, 3.8) is 0 Å². The molecule has 0 aliphatic carbocycles. The van der Waals surface area contributed by atoms with Crippen LogP contribution in [0.15, 0.2) is 4.99 Å². The second-order valence-electron chi connectivity index (χ2n) is 1.41. The van der Waals surface area contributed by atoms with Crippen molar-refractivity contribution >= 4 is 23.3 Å². The molecule has 0 radical (unpaired) electrons. The van der Waals surface area contributed by atoms with Gasteiger partial charge in [0.25, 0.3) is 0 Å². The number of hydrazine groups is 1. The summed E-state index contributed by atoms with van der Waals surface area (Å²) in [4.78, 5) is 3.83. The Balaban J connectivity index is 3.05. The van der Waals surface area contributed by atoms with E-state index in [1.807, 2.05) is 0 Å². The SMILES string of the molecule is N=C(N)SCCN=CNN. The summed E-state index contributed by atoms with van der Waals surface area (Å²) in [7, 11) is 0. The van der Waals surface area contributed by atoms with Crippen molar-refractivity contribution in [2.75, 3.05) is 12.3 Å². The Kier molecular flexibility index (Phi) is 5.89. The topological polar surface area (TPSA) is 100 Å². The van der Waals surface area contributed by atoms with E-state index in [-0.39, 0.29) is 5.17 Å². The highest BCUT2D eigenvalue weighted by Crippen LogP contribution is 1.95. The van der Waals surface area contributed by atoms with Gasteiger partial charge < -0.3 is 11.2 Å². The number of aliphatic imine (C=N–C) groups is 1. The van der Waals surface area contributed by atoms with Crippen LogP contribution in [0.3, 0.4) is 0 Å². The first-order valence-corrected chi connectivity index (χ1v) is 3.67. The second kappa shape index (κ2) is 6.37. The van der Waals surface area contributed by atoms with E-state index >= 15 is 0 Å². The molecule has 0 heterocycles. The Labute approximate surface area is 63.7 Å². The standard InChI is InChI=1S/C4H11N5S/c5-4(6)10-2-1-8-3-9-7/h3H,1-2,7H2,(H3,5,6)(H,8,9). The fraction of sp³-hybridized carbons (Fsp3) is 0.500. The average Bonchev–Trinajstić information content (AvgIpc) is 1.87. The van der Waals surface area contributed by atoms with Gasteiger partial charge in [0.1, 0.15) is 0 Å². The van der Waals surface area contributed by atoms with Crippen molar-refractivity contribution in [1.82, 2.24) is 5.43 Å². The first-order valence-electron chi connectivity index (χ1n) is 2.68. The van der Waals surface area contributed by atoms with E-state index in [4.69, 9.17) is 17.0 Å². The number of nitrogens with one attached hydrogen (secondary N) is 2. The highest BCUT2D eigenvalue weighted by Gasteiger charge is 1.86. The molecule has 0 aromatic rings. The van der Waals surface area contributed by atoms with Gasteiger partial charge in [-0.05, 0) is 0 Å². The maximum Gasteiger partial charge on any atom is 0.151 e. The monoisotopic (exact) mass is 161 g/mol. The van der Waals surface area contributed by atoms with Gasteiger partial charge in [-0.3, -0.25) is 10.4 Å². The lowest BCUT2D eigenvalue weighted by Crippen LogP contribution is -2.19. The smallest absolute Gasteiger partial charge is 0.151 e. The number of nitrogens with zero attached hydrogens (tertiary/aromatic N) is 1. The van der Waals surface area contributed by atoms with Gasteiger partial charge >= 0.3 is 0 Å². The summed E-state index contributed by atoms with van der Waals surface area (Å²) >= 11 is 1.26. The Morgan fingerprint density at radius 3 is 3.00 bits per heavy atom. The molecule has 58 valence electrons. The number of hydrogen-bond acceptors (Lipinski definition) is 4. The zero-order chi connectivity index (χ0) is 7.82. The Hall–Kier alpha value is -0.750. The summed E-state index contributed by atoms with van der Waals surface area (Å²) in [6.45, 7) is 0.619. The largest absolute Gasteiger partial charge is 0.379 e. The molecule has 0 aliphatic heterocycles. The molecule has 0 saturated carbocycles. The van der Waals surface area contributed by atoms with Crippen LogP contribution in [-0.2, 0) is 0 Å². The predicted octanol–water partition coefficient (Wildman–Crippen LogP) is -0.895.